The zero-order chi connectivity index (χ0) is 25.2. The predicted octanol–water partition coefficient (Wildman–Crippen LogP) is 3.37. The third-order valence-corrected chi connectivity index (χ3v) is 7.02. The van der Waals surface area contributed by atoms with Crippen LogP contribution in [0.4, 0.5) is 0 Å². The van der Waals surface area contributed by atoms with Crippen LogP contribution in [0.15, 0.2) is 48.5 Å². The Hall–Kier alpha value is -3.52. The van der Waals surface area contributed by atoms with Gasteiger partial charge in [-0.15, -0.1) is 0 Å². The molecule has 0 N–H and O–H groups in total. The highest BCUT2D eigenvalue weighted by molar-refractivity contribution is 6.31. The number of imide groups is 1. The topological polar surface area (TPSA) is 101 Å². The molecular weight excluding hydrogens is 472 g/mol. The van der Waals surface area contributed by atoms with Gasteiger partial charge in [0.05, 0.1) is 17.5 Å². The number of amides is 3. The summed E-state index contributed by atoms with van der Waals surface area (Å²) in [5, 5.41) is 0.389. The van der Waals surface area contributed by atoms with E-state index in [2.05, 4.69) is 0 Å². The second-order valence-corrected chi connectivity index (χ2v) is 9.05. The molecule has 3 amide bonds. The standard InChI is InChI=1S/C26H25ClN2O6/c1-28(26(14-7-6-12-21(26)30)19-10-4-5-11-20(19)27)22(31)16-35-23(32)13-15-29-24(33)17-8-2-3-9-18(17)25(29)34/h2-5,8-11H,6-7,12-16H2,1H3/t26-/m0/s1. The van der Waals surface area contributed by atoms with E-state index in [1.54, 1.807) is 48.5 Å². The van der Waals surface area contributed by atoms with E-state index in [4.69, 9.17) is 16.3 Å². The Balaban J connectivity index is 1.39. The number of likely N-dealkylation sites (N-methyl/N-ethyl adjacent to an activating group) is 1. The molecule has 1 atom stereocenters. The SMILES string of the molecule is CN(C(=O)COC(=O)CCN1C(=O)c2ccccc2C1=O)[C@]1(c2ccccc2Cl)CCCCC1=O. The highest BCUT2D eigenvalue weighted by Crippen LogP contribution is 2.42. The van der Waals surface area contributed by atoms with Crippen LogP contribution in [-0.2, 0) is 24.7 Å². The second-order valence-electron chi connectivity index (χ2n) is 8.64. The molecule has 1 heterocycles. The number of hydrogen-bond donors (Lipinski definition) is 0. The fourth-order valence-corrected chi connectivity index (χ4v) is 5.09. The first-order valence-electron chi connectivity index (χ1n) is 11.4. The lowest BCUT2D eigenvalue weighted by Gasteiger charge is -2.43. The Labute approximate surface area is 207 Å². The molecule has 2 aliphatic rings. The van der Waals surface area contributed by atoms with Crippen LogP contribution in [0, 0.1) is 0 Å². The van der Waals surface area contributed by atoms with Gasteiger partial charge in [-0.25, -0.2) is 0 Å². The molecular formula is C26H25ClN2O6. The summed E-state index contributed by atoms with van der Waals surface area (Å²) in [5.41, 5.74) is -0.0752. The van der Waals surface area contributed by atoms with E-state index in [1.807, 2.05) is 0 Å². The van der Waals surface area contributed by atoms with Crippen molar-refractivity contribution >= 4 is 41.1 Å². The summed E-state index contributed by atoms with van der Waals surface area (Å²) in [6.45, 7) is -0.728. The molecule has 9 heteroatoms. The molecule has 35 heavy (non-hydrogen) atoms. The summed E-state index contributed by atoms with van der Waals surface area (Å²) in [5.74, 6) is -2.32. The zero-order valence-corrected chi connectivity index (χ0v) is 20.0. The van der Waals surface area contributed by atoms with Crippen molar-refractivity contribution < 1.29 is 28.7 Å². The number of ketones is 1. The monoisotopic (exact) mass is 496 g/mol. The Morgan fingerprint density at radius 1 is 1.00 bits per heavy atom. The van der Waals surface area contributed by atoms with Crippen LogP contribution >= 0.6 is 11.6 Å². The highest BCUT2D eigenvalue weighted by atomic mass is 35.5. The predicted molar refractivity (Wildman–Crippen MR) is 127 cm³/mol. The quantitative estimate of drug-likeness (QED) is 0.430. The van der Waals surface area contributed by atoms with Crippen LogP contribution in [0.2, 0.25) is 5.02 Å². The number of benzene rings is 2. The van der Waals surface area contributed by atoms with Crippen LogP contribution in [0.25, 0.3) is 0 Å². The van der Waals surface area contributed by atoms with Crippen LogP contribution in [0.5, 0.6) is 0 Å². The van der Waals surface area contributed by atoms with E-state index < -0.39 is 35.8 Å². The second kappa shape index (κ2) is 10.00. The Morgan fingerprint density at radius 3 is 2.26 bits per heavy atom. The van der Waals surface area contributed by atoms with Crippen molar-refractivity contribution in [1.82, 2.24) is 9.80 Å². The van der Waals surface area contributed by atoms with Gasteiger partial charge >= 0.3 is 5.97 Å². The van der Waals surface area contributed by atoms with Gasteiger partial charge in [0.25, 0.3) is 17.7 Å². The first-order valence-corrected chi connectivity index (χ1v) is 11.8. The Morgan fingerprint density at radius 2 is 1.63 bits per heavy atom. The maximum atomic E-state index is 13.1. The molecule has 0 aromatic heterocycles. The number of carbonyl (C=O) groups excluding carboxylic acids is 5. The van der Waals surface area contributed by atoms with Gasteiger partial charge in [-0.3, -0.25) is 28.9 Å². The number of fused-ring (bicyclic) bond motifs is 1. The lowest BCUT2D eigenvalue weighted by Crippen LogP contribution is -2.55. The molecule has 4 rings (SSSR count). The van der Waals surface area contributed by atoms with E-state index in [1.165, 1.54) is 11.9 Å². The molecule has 0 unspecified atom stereocenters. The summed E-state index contributed by atoms with van der Waals surface area (Å²) in [4.78, 5) is 65.7. The third-order valence-electron chi connectivity index (χ3n) is 6.69. The minimum atomic E-state index is -1.22. The van der Waals surface area contributed by atoms with Crippen LogP contribution in [0.1, 0.15) is 58.4 Å². The first kappa shape index (κ1) is 24.6. The van der Waals surface area contributed by atoms with Gasteiger partial charge in [-0.1, -0.05) is 41.9 Å². The van der Waals surface area contributed by atoms with Crippen LogP contribution < -0.4 is 0 Å². The van der Waals surface area contributed by atoms with Gasteiger partial charge in [0.1, 0.15) is 5.54 Å². The largest absolute Gasteiger partial charge is 0.456 e. The number of Topliss-reactive ketones (excluding diaryl/α,β-unsaturated/α-hetero) is 1. The number of halogens is 1. The molecule has 8 nitrogen and oxygen atoms in total. The average Bonchev–Trinajstić information content (AvgIpc) is 3.11. The van der Waals surface area contributed by atoms with Crippen molar-refractivity contribution in [3.05, 3.63) is 70.2 Å². The zero-order valence-electron chi connectivity index (χ0n) is 19.3. The van der Waals surface area contributed by atoms with Gasteiger partial charge in [0.2, 0.25) is 0 Å². The van der Waals surface area contributed by atoms with E-state index in [9.17, 15) is 24.0 Å². The molecule has 1 fully saturated rings. The Kier molecular flexibility index (Phi) is 7.03. The van der Waals surface area contributed by atoms with Gasteiger partial charge in [-0.2, -0.15) is 0 Å². The van der Waals surface area contributed by atoms with E-state index >= 15 is 0 Å². The molecule has 182 valence electrons. The lowest BCUT2D eigenvalue weighted by atomic mass is 9.74. The molecule has 1 saturated carbocycles. The molecule has 0 bridgehead atoms. The molecule has 0 saturated heterocycles. The molecule has 1 aliphatic heterocycles. The van der Waals surface area contributed by atoms with Gasteiger partial charge in [0, 0.05) is 30.6 Å². The number of hydrogen-bond acceptors (Lipinski definition) is 6. The Bertz CT molecular complexity index is 1180. The van der Waals surface area contributed by atoms with E-state index in [0.717, 1.165) is 17.7 Å². The number of ether oxygens (including phenoxy) is 1. The van der Waals surface area contributed by atoms with Gasteiger partial charge in [-0.05, 0) is 37.5 Å². The number of nitrogens with zero attached hydrogens (tertiary/aromatic N) is 2. The summed E-state index contributed by atoms with van der Waals surface area (Å²) in [7, 11) is 1.52. The minimum absolute atomic E-state index is 0.107. The number of esters is 1. The van der Waals surface area contributed by atoms with Crippen molar-refractivity contribution in [3.8, 4) is 0 Å². The lowest BCUT2D eigenvalue weighted by molar-refractivity contribution is -0.157. The average molecular weight is 497 g/mol. The van der Waals surface area contributed by atoms with E-state index in [0.29, 0.717) is 34.6 Å². The molecule has 2 aromatic rings. The summed E-state index contributed by atoms with van der Waals surface area (Å²) >= 11 is 6.41. The smallest absolute Gasteiger partial charge is 0.308 e. The minimum Gasteiger partial charge on any atom is -0.456 e. The van der Waals surface area contributed by atoms with Crippen molar-refractivity contribution in [2.24, 2.45) is 0 Å². The fraction of sp³-hybridized carbons (Fsp3) is 0.346. The summed E-state index contributed by atoms with van der Waals surface area (Å²) < 4.78 is 5.15. The molecule has 0 radical (unpaired) electrons. The summed E-state index contributed by atoms with van der Waals surface area (Å²) in [6, 6.07) is 13.4. The summed E-state index contributed by atoms with van der Waals surface area (Å²) in [6.07, 6.45) is 1.97. The van der Waals surface area contributed by atoms with Crippen molar-refractivity contribution in [1.29, 1.82) is 0 Å². The normalized spacial score (nSPS) is 19.5. The number of carbonyl (C=O) groups is 5. The first-order chi connectivity index (χ1) is 16.8. The van der Waals surface area contributed by atoms with Crippen LogP contribution in [-0.4, -0.2) is 59.5 Å². The van der Waals surface area contributed by atoms with Crippen LogP contribution in [0.3, 0.4) is 0 Å². The van der Waals surface area contributed by atoms with Gasteiger partial charge in [0.15, 0.2) is 12.4 Å². The van der Waals surface area contributed by atoms with E-state index in [-0.39, 0.29) is 18.7 Å². The molecule has 1 aliphatic carbocycles. The highest BCUT2D eigenvalue weighted by Gasteiger charge is 2.48. The van der Waals surface area contributed by atoms with Crippen molar-refractivity contribution in [2.75, 3.05) is 20.2 Å². The molecule has 2 aromatic carbocycles. The van der Waals surface area contributed by atoms with Crippen molar-refractivity contribution in [3.63, 3.8) is 0 Å². The van der Waals surface area contributed by atoms with Crippen molar-refractivity contribution in [2.45, 2.75) is 37.6 Å². The molecule has 0 spiro atoms. The maximum Gasteiger partial charge on any atom is 0.308 e. The fourth-order valence-electron chi connectivity index (χ4n) is 4.80. The maximum absolute atomic E-state index is 13.1. The number of rotatable bonds is 7. The third kappa shape index (κ3) is 4.46. The van der Waals surface area contributed by atoms with Gasteiger partial charge < -0.3 is 9.64 Å².